The van der Waals surface area contributed by atoms with E-state index in [1.165, 1.54) is 0 Å². The number of ether oxygens (including phenoxy) is 2. The molecule has 0 bridgehead atoms. The molecule has 0 saturated heterocycles. The van der Waals surface area contributed by atoms with Gasteiger partial charge < -0.3 is 14.8 Å². The van der Waals surface area contributed by atoms with Crippen LogP contribution in [0.2, 0.25) is 0 Å². The van der Waals surface area contributed by atoms with E-state index < -0.39 is 0 Å². The normalized spacial score (nSPS) is 10.1. The lowest BCUT2D eigenvalue weighted by Crippen LogP contribution is -2.03. The second kappa shape index (κ2) is 6.04. The molecular formula is C14H17N3O2. The molecule has 0 unspecified atom stereocenters. The minimum Gasteiger partial charge on any atom is -0.497 e. The topological polar surface area (TPSA) is 56.3 Å². The second-order valence-corrected chi connectivity index (χ2v) is 4.05. The summed E-state index contributed by atoms with van der Waals surface area (Å²) in [4.78, 5) is 8.41. The summed E-state index contributed by atoms with van der Waals surface area (Å²) in [5.74, 6) is 2.27. The van der Waals surface area contributed by atoms with Crippen LogP contribution in [0.15, 0.2) is 30.5 Å². The standard InChI is InChI=1S/C14H17N3O2/c1-10-15-5-4-11(17-10)9-16-12-6-13(18-2)8-14(7-12)19-3/h4-8,16H,9H2,1-3H3. The molecule has 0 aliphatic rings. The minimum atomic E-state index is 0.625. The Bertz CT molecular complexity index is 536. The average Bonchev–Trinajstić information content (AvgIpc) is 2.44. The van der Waals surface area contributed by atoms with Crippen molar-refractivity contribution in [3.05, 3.63) is 42.0 Å². The number of nitrogens with zero attached hydrogens (tertiary/aromatic N) is 2. The zero-order valence-electron chi connectivity index (χ0n) is 11.3. The zero-order valence-corrected chi connectivity index (χ0v) is 11.3. The Hall–Kier alpha value is -2.30. The van der Waals surface area contributed by atoms with E-state index in [2.05, 4.69) is 15.3 Å². The highest BCUT2D eigenvalue weighted by molar-refractivity contribution is 5.53. The number of anilines is 1. The van der Waals surface area contributed by atoms with Crippen LogP contribution < -0.4 is 14.8 Å². The first-order valence-corrected chi connectivity index (χ1v) is 5.96. The van der Waals surface area contributed by atoms with Gasteiger partial charge in [-0.25, -0.2) is 9.97 Å². The van der Waals surface area contributed by atoms with Crippen LogP contribution in [0.4, 0.5) is 5.69 Å². The molecule has 0 atom stereocenters. The summed E-state index contributed by atoms with van der Waals surface area (Å²) < 4.78 is 10.4. The van der Waals surface area contributed by atoms with Crippen LogP contribution in [0, 0.1) is 6.92 Å². The number of hydrogen-bond acceptors (Lipinski definition) is 5. The molecule has 5 heteroatoms. The van der Waals surface area contributed by atoms with Crippen molar-refractivity contribution < 1.29 is 9.47 Å². The Kier molecular flexibility index (Phi) is 4.18. The van der Waals surface area contributed by atoms with Crippen molar-refractivity contribution in [2.45, 2.75) is 13.5 Å². The Morgan fingerprint density at radius 1 is 1.11 bits per heavy atom. The number of benzene rings is 1. The zero-order chi connectivity index (χ0) is 13.7. The van der Waals surface area contributed by atoms with Crippen LogP contribution in [0.3, 0.4) is 0 Å². The fraction of sp³-hybridized carbons (Fsp3) is 0.286. The maximum atomic E-state index is 5.22. The first-order chi connectivity index (χ1) is 9.21. The van der Waals surface area contributed by atoms with E-state index in [4.69, 9.17) is 9.47 Å². The predicted molar refractivity (Wildman–Crippen MR) is 73.6 cm³/mol. The van der Waals surface area contributed by atoms with Gasteiger partial charge in [0.25, 0.3) is 0 Å². The highest BCUT2D eigenvalue weighted by Gasteiger charge is 2.02. The highest BCUT2D eigenvalue weighted by Crippen LogP contribution is 2.25. The summed E-state index contributed by atoms with van der Waals surface area (Å²) in [5, 5.41) is 3.29. The molecule has 0 saturated carbocycles. The SMILES string of the molecule is COc1cc(NCc2ccnc(C)n2)cc(OC)c1. The van der Waals surface area contributed by atoms with Crippen molar-refractivity contribution >= 4 is 5.69 Å². The average molecular weight is 259 g/mol. The van der Waals surface area contributed by atoms with E-state index >= 15 is 0 Å². The van der Waals surface area contributed by atoms with Gasteiger partial charge in [-0.3, -0.25) is 0 Å². The van der Waals surface area contributed by atoms with E-state index in [1.807, 2.05) is 31.2 Å². The Balaban J connectivity index is 2.10. The summed E-state index contributed by atoms with van der Waals surface area (Å²) in [5.41, 5.74) is 1.86. The van der Waals surface area contributed by atoms with Crippen LogP contribution in [0.5, 0.6) is 11.5 Å². The highest BCUT2D eigenvalue weighted by atomic mass is 16.5. The molecule has 0 aliphatic carbocycles. The first kappa shape index (κ1) is 13.1. The number of aromatic nitrogens is 2. The van der Waals surface area contributed by atoms with E-state index in [-0.39, 0.29) is 0 Å². The van der Waals surface area contributed by atoms with Gasteiger partial charge in [0.1, 0.15) is 17.3 Å². The molecule has 5 nitrogen and oxygen atoms in total. The lowest BCUT2D eigenvalue weighted by Gasteiger charge is -2.10. The molecule has 1 aromatic heterocycles. The van der Waals surface area contributed by atoms with Gasteiger partial charge >= 0.3 is 0 Å². The molecule has 1 aromatic carbocycles. The fourth-order valence-corrected chi connectivity index (χ4v) is 1.71. The summed E-state index contributed by atoms with van der Waals surface area (Å²) in [6.07, 6.45) is 1.76. The Morgan fingerprint density at radius 3 is 2.37 bits per heavy atom. The lowest BCUT2D eigenvalue weighted by molar-refractivity contribution is 0.394. The van der Waals surface area contributed by atoms with E-state index in [1.54, 1.807) is 20.4 Å². The largest absolute Gasteiger partial charge is 0.497 e. The van der Waals surface area contributed by atoms with Crippen LogP contribution in [0.25, 0.3) is 0 Å². The van der Waals surface area contributed by atoms with Gasteiger partial charge in [0, 0.05) is 30.1 Å². The first-order valence-electron chi connectivity index (χ1n) is 5.96. The fourth-order valence-electron chi connectivity index (χ4n) is 1.71. The van der Waals surface area contributed by atoms with Gasteiger partial charge in [-0.15, -0.1) is 0 Å². The third-order valence-electron chi connectivity index (χ3n) is 2.66. The molecule has 2 rings (SSSR count). The number of rotatable bonds is 5. The quantitative estimate of drug-likeness (QED) is 0.893. The molecule has 0 fully saturated rings. The summed E-state index contributed by atoms with van der Waals surface area (Å²) in [6.45, 7) is 2.50. The minimum absolute atomic E-state index is 0.625. The maximum absolute atomic E-state index is 5.22. The maximum Gasteiger partial charge on any atom is 0.125 e. The van der Waals surface area contributed by atoms with Crippen LogP contribution in [0.1, 0.15) is 11.5 Å². The summed E-state index contributed by atoms with van der Waals surface area (Å²) in [7, 11) is 3.26. The molecule has 19 heavy (non-hydrogen) atoms. The van der Waals surface area contributed by atoms with Gasteiger partial charge in [-0.2, -0.15) is 0 Å². The third kappa shape index (κ3) is 3.58. The van der Waals surface area contributed by atoms with Crippen molar-refractivity contribution in [1.82, 2.24) is 9.97 Å². The van der Waals surface area contributed by atoms with E-state index in [0.29, 0.717) is 6.54 Å². The second-order valence-electron chi connectivity index (χ2n) is 4.05. The van der Waals surface area contributed by atoms with Gasteiger partial charge in [-0.05, 0) is 13.0 Å². The molecule has 0 amide bonds. The molecule has 0 spiro atoms. The van der Waals surface area contributed by atoms with E-state index in [9.17, 15) is 0 Å². The molecular weight excluding hydrogens is 242 g/mol. The molecule has 1 N–H and O–H groups in total. The van der Waals surface area contributed by atoms with Crippen molar-refractivity contribution in [2.75, 3.05) is 19.5 Å². The van der Waals surface area contributed by atoms with E-state index in [0.717, 1.165) is 28.7 Å². The van der Waals surface area contributed by atoms with Gasteiger partial charge in [0.05, 0.1) is 26.5 Å². The third-order valence-corrected chi connectivity index (χ3v) is 2.66. The van der Waals surface area contributed by atoms with Gasteiger partial charge in [0.15, 0.2) is 0 Å². The number of aryl methyl sites for hydroxylation is 1. The van der Waals surface area contributed by atoms with Crippen LogP contribution in [-0.2, 0) is 6.54 Å². The van der Waals surface area contributed by atoms with Crippen LogP contribution in [-0.4, -0.2) is 24.2 Å². The molecule has 2 aromatic rings. The Labute approximate surface area is 112 Å². The Morgan fingerprint density at radius 2 is 1.79 bits per heavy atom. The van der Waals surface area contributed by atoms with Crippen LogP contribution >= 0.6 is 0 Å². The van der Waals surface area contributed by atoms with Crippen molar-refractivity contribution in [2.24, 2.45) is 0 Å². The smallest absolute Gasteiger partial charge is 0.125 e. The number of nitrogens with one attached hydrogen (secondary N) is 1. The lowest BCUT2D eigenvalue weighted by atomic mass is 10.2. The van der Waals surface area contributed by atoms with Gasteiger partial charge in [0.2, 0.25) is 0 Å². The monoisotopic (exact) mass is 259 g/mol. The molecule has 0 aliphatic heterocycles. The van der Waals surface area contributed by atoms with Crippen molar-refractivity contribution in [3.8, 4) is 11.5 Å². The summed E-state index contributed by atoms with van der Waals surface area (Å²) in [6, 6.07) is 7.55. The van der Waals surface area contributed by atoms with Crippen molar-refractivity contribution in [3.63, 3.8) is 0 Å². The predicted octanol–water partition coefficient (Wildman–Crippen LogP) is 2.41. The number of hydrogen-bond donors (Lipinski definition) is 1. The van der Waals surface area contributed by atoms with Crippen molar-refractivity contribution in [1.29, 1.82) is 0 Å². The van der Waals surface area contributed by atoms with Gasteiger partial charge in [-0.1, -0.05) is 0 Å². The number of methoxy groups -OCH3 is 2. The molecule has 100 valence electrons. The summed E-state index contributed by atoms with van der Waals surface area (Å²) >= 11 is 0. The molecule has 0 radical (unpaired) electrons. The molecule has 1 heterocycles.